The zero-order valence-corrected chi connectivity index (χ0v) is 14.4. The number of nitrogens with zero attached hydrogens (tertiary/aromatic N) is 1. The first-order chi connectivity index (χ1) is 11.8. The van der Waals surface area contributed by atoms with Crippen LogP contribution in [-0.2, 0) is 24.6 Å². The summed E-state index contributed by atoms with van der Waals surface area (Å²) in [6.07, 6.45) is 0. The van der Waals surface area contributed by atoms with Gasteiger partial charge in [0.25, 0.3) is 5.91 Å². The quantitative estimate of drug-likeness (QED) is 0.350. The maximum atomic E-state index is 12.7. The first-order valence-corrected chi connectivity index (χ1v) is 7.95. The first kappa shape index (κ1) is 18.4. The molecule has 1 aliphatic rings. The molecule has 2 N–H and O–H groups in total. The summed E-state index contributed by atoms with van der Waals surface area (Å²) in [7, 11) is 0. The van der Waals surface area contributed by atoms with Gasteiger partial charge in [-0.3, -0.25) is 19.9 Å². The van der Waals surface area contributed by atoms with E-state index < -0.39 is 30.0 Å². The highest BCUT2D eigenvalue weighted by Gasteiger charge is 2.49. The van der Waals surface area contributed by atoms with Crippen molar-refractivity contribution in [1.29, 1.82) is 5.41 Å². The van der Waals surface area contributed by atoms with Gasteiger partial charge in [0.1, 0.15) is 12.1 Å². The van der Waals surface area contributed by atoms with E-state index in [-0.39, 0.29) is 12.5 Å². The molecule has 1 saturated heterocycles. The lowest BCUT2D eigenvalue weighted by atomic mass is 9.91. The number of amides is 3. The summed E-state index contributed by atoms with van der Waals surface area (Å²) >= 11 is 0. The zero-order chi connectivity index (χ0) is 18.6. The van der Waals surface area contributed by atoms with E-state index in [0.29, 0.717) is 17.7 Å². The average molecular weight is 347 g/mol. The Bertz CT molecular complexity index is 701. The molecule has 0 aliphatic carbocycles. The topological polar surface area (TPSA) is 109 Å². The van der Waals surface area contributed by atoms with E-state index >= 15 is 0 Å². The zero-order valence-electron chi connectivity index (χ0n) is 14.4. The minimum atomic E-state index is -1.28. The van der Waals surface area contributed by atoms with Gasteiger partial charge < -0.3 is 14.8 Å². The summed E-state index contributed by atoms with van der Waals surface area (Å²) in [6.45, 7) is 5.13. The fraction of sp³-hybridized carbons (Fsp3) is 0.412. The van der Waals surface area contributed by atoms with E-state index in [4.69, 9.17) is 14.9 Å². The number of benzene rings is 1. The minimum absolute atomic E-state index is 0.0323. The summed E-state index contributed by atoms with van der Waals surface area (Å²) < 4.78 is 9.92. The second-order valence-corrected chi connectivity index (χ2v) is 5.59. The van der Waals surface area contributed by atoms with Gasteiger partial charge in [0.15, 0.2) is 0 Å². The molecule has 25 heavy (non-hydrogen) atoms. The van der Waals surface area contributed by atoms with Crippen molar-refractivity contribution in [3.63, 3.8) is 0 Å². The molecule has 0 saturated carbocycles. The van der Waals surface area contributed by atoms with Crippen LogP contribution in [0.2, 0.25) is 0 Å². The molecule has 1 fully saturated rings. The number of esters is 1. The largest absolute Gasteiger partial charge is 0.478 e. The van der Waals surface area contributed by atoms with Crippen molar-refractivity contribution in [2.75, 3.05) is 19.8 Å². The number of imide groups is 1. The molecule has 0 bridgehead atoms. The number of hydrogen-bond acceptors (Lipinski definition) is 6. The van der Waals surface area contributed by atoms with E-state index in [0.717, 1.165) is 4.90 Å². The van der Waals surface area contributed by atoms with E-state index in [1.165, 1.54) is 0 Å². The molecule has 0 unspecified atom stereocenters. The molecule has 1 atom stereocenters. The molecule has 1 heterocycles. The van der Waals surface area contributed by atoms with Gasteiger partial charge >= 0.3 is 12.0 Å². The Balaban J connectivity index is 2.21. The van der Waals surface area contributed by atoms with E-state index in [2.05, 4.69) is 5.32 Å². The molecule has 0 spiro atoms. The van der Waals surface area contributed by atoms with Crippen LogP contribution in [0.3, 0.4) is 0 Å². The number of nitrogens with one attached hydrogen (secondary N) is 2. The standard InChI is InChI=1S/C17H21N3O5/c1-4-24-13(21)10-20-15(22)17(3,19-16(20)23)12-8-6-11(7-9-12)14(18)25-5-2/h6-9,18H,4-5,10H2,1-3H3,(H,19,23)/t17-/m0/s1. The van der Waals surface area contributed by atoms with Crippen molar-refractivity contribution in [2.24, 2.45) is 0 Å². The minimum Gasteiger partial charge on any atom is -0.478 e. The van der Waals surface area contributed by atoms with Crippen molar-refractivity contribution in [2.45, 2.75) is 26.3 Å². The lowest BCUT2D eigenvalue weighted by Crippen LogP contribution is -2.41. The van der Waals surface area contributed by atoms with Crippen LogP contribution in [0, 0.1) is 5.41 Å². The van der Waals surface area contributed by atoms with Crippen LogP contribution in [0.1, 0.15) is 31.9 Å². The molecule has 1 aromatic rings. The van der Waals surface area contributed by atoms with Crippen LogP contribution in [0.15, 0.2) is 24.3 Å². The summed E-state index contributed by atoms with van der Waals surface area (Å²) in [6, 6.07) is 5.94. The highest BCUT2D eigenvalue weighted by molar-refractivity contribution is 6.08. The number of carbonyl (C=O) groups excluding carboxylic acids is 3. The van der Waals surface area contributed by atoms with E-state index in [1.807, 2.05) is 0 Å². The van der Waals surface area contributed by atoms with E-state index in [1.54, 1.807) is 45.0 Å². The summed E-state index contributed by atoms with van der Waals surface area (Å²) in [5.41, 5.74) is -0.171. The second kappa shape index (κ2) is 7.33. The van der Waals surface area contributed by atoms with Crippen LogP contribution in [0.25, 0.3) is 0 Å². The van der Waals surface area contributed by atoms with Crippen molar-refractivity contribution < 1.29 is 23.9 Å². The number of rotatable bonds is 6. The third kappa shape index (κ3) is 3.62. The first-order valence-electron chi connectivity index (χ1n) is 7.95. The van der Waals surface area contributed by atoms with Gasteiger partial charge in [-0.05, 0) is 38.5 Å². The average Bonchev–Trinajstić information content (AvgIpc) is 2.80. The third-order valence-corrected chi connectivity index (χ3v) is 3.88. The van der Waals surface area contributed by atoms with Crippen LogP contribution in [-0.4, -0.2) is 48.5 Å². The maximum absolute atomic E-state index is 12.7. The molecule has 2 rings (SSSR count). The van der Waals surface area contributed by atoms with Crippen LogP contribution in [0.4, 0.5) is 4.79 Å². The van der Waals surface area contributed by atoms with Crippen molar-refractivity contribution in [3.05, 3.63) is 35.4 Å². The smallest absolute Gasteiger partial charge is 0.326 e. The molecule has 8 heteroatoms. The number of carbonyl (C=O) groups is 3. The SMILES string of the molecule is CCOC(=N)c1ccc([C@]2(C)NC(=O)N(CC(=O)OCC)C2=O)cc1. The van der Waals surface area contributed by atoms with Crippen LogP contribution < -0.4 is 5.32 Å². The van der Waals surface area contributed by atoms with Gasteiger partial charge in [-0.15, -0.1) is 0 Å². The predicted molar refractivity (Wildman–Crippen MR) is 89.1 cm³/mol. The van der Waals surface area contributed by atoms with Gasteiger partial charge in [0.05, 0.1) is 13.2 Å². The van der Waals surface area contributed by atoms with Crippen molar-refractivity contribution in [1.82, 2.24) is 10.2 Å². The lowest BCUT2D eigenvalue weighted by molar-refractivity contribution is -0.147. The van der Waals surface area contributed by atoms with Crippen LogP contribution >= 0.6 is 0 Å². The Morgan fingerprint density at radius 2 is 1.76 bits per heavy atom. The van der Waals surface area contributed by atoms with Gasteiger partial charge in [-0.25, -0.2) is 4.79 Å². The number of ether oxygens (including phenoxy) is 2. The Morgan fingerprint density at radius 1 is 1.16 bits per heavy atom. The predicted octanol–water partition coefficient (Wildman–Crippen LogP) is 1.38. The maximum Gasteiger partial charge on any atom is 0.326 e. The summed E-state index contributed by atoms with van der Waals surface area (Å²) in [5, 5.41) is 10.4. The Labute approximate surface area is 145 Å². The fourth-order valence-corrected chi connectivity index (χ4v) is 2.55. The highest BCUT2D eigenvalue weighted by Crippen LogP contribution is 2.29. The normalized spacial score (nSPS) is 19.6. The molecule has 0 aromatic heterocycles. The molecule has 8 nitrogen and oxygen atoms in total. The third-order valence-electron chi connectivity index (χ3n) is 3.88. The molecule has 0 radical (unpaired) electrons. The Morgan fingerprint density at radius 3 is 2.32 bits per heavy atom. The van der Waals surface area contributed by atoms with Crippen molar-refractivity contribution >= 4 is 23.8 Å². The summed E-state index contributed by atoms with van der Waals surface area (Å²) in [5.74, 6) is -1.14. The fourth-order valence-electron chi connectivity index (χ4n) is 2.55. The molecule has 1 aliphatic heterocycles. The number of urea groups is 1. The lowest BCUT2D eigenvalue weighted by Gasteiger charge is -2.22. The number of hydrogen-bond donors (Lipinski definition) is 2. The van der Waals surface area contributed by atoms with Gasteiger partial charge in [-0.2, -0.15) is 0 Å². The van der Waals surface area contributed by atoms with Gasteiger partial charge in [0, 0.05) is 5.56 Å². The Hall–Kier alpha value is -2.90. The van der Waals surface area contributed by atoms with Gasteiger partial charge in [0.2, 0.25) is 5.90 Å². The molecular weight excluding hydrogens is 326 g/mol. The second-order valence-electron chi connectivity index (χ2n) is 5.59. The van der Waals surface area contributed by atoms with Gasteiger partial charge in [-0.1, -0.05) is 12.1 Å². The molecular formula is C17H21N3O5. The molecule has 134 valence electrons. The molecule has 1 aromatic carbocycles. The van der Waals surface area contributed by atoms with Crippen molar-refractivity contribution in [3.8, 4) is 0 Å². The summed E-state index contributed by atoms with van der Waals surface area (Å²) in [4.78, 5) is 37.2. The monoisotopic (exact) mass is 347 g/mol. The highest BCUT2D eigenvalue weighted by atomic mass is 16.5. The Kier molecular flexibility index (Phi) is 5.41. The van der Waals surface area contributed by atoms with E-state index in [9.17, 15) is 14.4 Å². The van der Waals surface area contributed by atoms with Crippen LogP contribution in [0.5, 0.6) is 0 Å². The molecule has 3 amide bonds.